The fraction of sp³-hybridized carbons (Fsp3) is 0.750. The summed E-state index contributed by atoms with van der Waals surface area (Å²) >= 11 is 0. The highest BCUT2D eigenvalue weighted by Crippen LogP contribution is 2.28. The first-order chi connectivity index (χ1) is 8.90. The van der Waals surface area contributed by atoms with E-state index in [0.717, 1.165) is 26.1 Å². The van der Waals surface area contributed by atoms with Crippen LogP contribution < -0.4 is 0 Å². The van der Waals surface area contributed by atoms with Crippen molar-refractivity contribution in [3.05, 3.63) is 0 Å². The normalized spacial score (nSPS) is 29.4. The standard InChI is InChI=1S/C10H17NO2.C2H2O4/c12-10(13)9-5-8-3-1-2-4-11(6-8)7-9;3-1(4)2(5)6/h8-9H,1-7H2,(H,12,13);(H,3,4)(H,5,6). The van der Waals surface area contributed by atoms with Crippen LogP contribution in [0.5, 0.6) is 0 Å². The molecule has 3 unspecified atom stereocenters. The topological polar surface area (TPSA) is 115 Å². The number of rotatable bonds is 1. The van der Waals surface area contributed by atoms with Gasteiger partial charge >= 0.3 is 17.9 Å². The first-order valence-corrected chi connectivity index (χ1v) is 6.31. The van der Waals surface area contributed by atoms with Crippen LogP contribution in [-0.2, 0) is 14.4 Å². The van der Waals surface area contributed by atoms with E-state index >= 15 is 0 Å². The van der Waals surface area contributed by atoms with Gasteiger partial charge in [-0.05, 0) is 31.7 Å². The smallest absolute Gasteiger partial charge is 0.414 e. The summed E-state index contributed by atoms with van der Waals surface area (Å²) in [4.78, 5) is 31.4. The molecule has 2 heterocycles. The second-order valence-electron chi connectivity index (χ2n) is 5.00. The third-order valence-electron chi connectivity index (χ3n) is 3.48. The van der Waals surface area contributed by atoms with Crippen molar-refractivity contribution in [3.8, 4) is 0 Å². The molecule has 0 saturated carbocycles. The van der Waals surface area contributed by atoms with E-state index < -0.39 is 17.9 Å². The highest BCUT2D eigenvalue weighted by Gasteiger charge is 2.32. The number of fused-ring (bicyclic) bond motifs is 2. The van der Waals surface area contributed by atoms with Crippen LogP contribution in [0, 0.1) is 11.8 Å². The molecular weight excluding hydrogens is 254 g/mol. The molecule has 0 aromatic rings. The number of nitrogens with zero attached hydrogens (tertiary/aromatic N) is 1. The second kappa shape index (κ2) is 7.08. The van der Waals surface area contributed by atoms with E-state index in [1.807, 2.05) is 0 Å². The molecule has 2 bridgehead atoms. The third-order valence-corrected chi connectivity index (χ3v) is 3.48. The van der Waals surface area contributed by atoms with E-state index in [1.54, 1.807) is 0 Å². The highest BCUT2D eigenvalue weighted by atomic mass is 16.4. The lowest BCUT2D eigenvalue weighted by atomic mass is 9.87. The Kier molecular flexibility index (Phi) is 5.75. The van der Waals surface area contributed by atoms with Gasteiger partial charge in [0.15, 0.2) is 0 Å². The van der Waals surface area contributed by atoms with Crippen LogP contribution in [0.4, 0.5) is 0 Å². The van der Waals surface area contributed by atoms with Crippen LogP contribution in [0.15, 0.2) is 0 Å². The number of aliphatic carboxylic acids is 3. The van der Waals surface area contributed by atoms with Gasteiger partial charge in [-0.3, -0.25) is 4.79 Å². The van der Waals surface area contributed by atoms with Crippen LogP contribution >= 0.6 is 0 Å². The second-order valence-corrected chi connectivity index (χ2v) is 5.00. The summed E-state index contributed by atoms with van der Waals surface area (Å²) in [7, 11) is 0. The Morgan fingerprint density at radius 2 is 1.58 bits per heavy atom. The third kappa shape index (κ3) is 5.25. The minimum atomic E-state index is -1.82. The van der Waals surface area contributed by atoms with Crippen molar-refractivity contribution in [2.45, 2.75) is 25.7 Å². The lowest BCUT2D eigenvalue weighted by molar-refractivity contribution is -0.159. The van der Waals surface area contributed by atoms with Crippen LogP contribution in [0.3, 0.4) is 0 Å². The summed E-state index contributed by atoms with van der Waals surface area (Å²) in [5, 5.41) is 23.7. The molecular formula is C12H19NO6. The van der Waals surface area contributed by atoms with Crippen molar-refractivity contribution in [2.24, 2.45) is 11.8 Å². The van der Waals surface area contributed by atoms with Gasteiger partial charge in [0.05, 0.1) is 5.92 Å². The molecule has 108 valence electrons. The molecule has 2 rings (SSSR count). The van der Waals surface area contributed by atoms with Gasteiger partial charge in [0.2, 0.25) is 0 Å². The Morgan fingerprint density at radius 1 is 0.947 bits per heavy atom. The van der Waals surface area contributed by atoms with Gasteiger partial charge < -0.3 is 20.2 Å². The van der Waals surface area contributed by atoms with E-state index in [-0.39, 0.29) is 5.92 Å². The van der Waals surface area contributed by atoms with Crippen LogP contribution in [0.1, 0.15) is 25.7 Å². The predicted molar refractivity (Wildman–Crippen MR) is 64.8 cm³/mol. The molecule has 3 atom stereocenters. The van der Waals surface area contributed by atoms with Gasteiger partial charge in [0.25, 0.3) is 0 Å². The maximum Gasteiger partial charge on any atom is 0.414 e. The van der Waals surface area contributed by atoms with Gasteiger partial charge in [0.1, 0.15) is 0 Å². The number of carbonyl (C=O) groups is 3. The average molecular weight is 273 g/mol. The molecule has 0 aromatic heterocycles. The molecule has 0 aliphatic carbocycles. The summed E-state index contributed by atoms with van der Waals surface area (Å²) in [6.07, 6.45) is 4.68. The Labute approximate surface area is 110 Å². The van der Waals surface area contributed by atoms with Crippen LogP contribution in [0.2, 0.25) is 0 Å². The fourth-order valence-corrected chi connectivity index (χ4v) is 2.64. The van der Waals surface area contributed by atoms with Crippen LogP contribution in [-0.4, -0.2) is 57.8 Å². The first-order valence-electron chi connectivity index (χ1n) is 6.31. The zero-order valence-electron chi connectivity index (χ0n) is 10.6. The van der Waals surface area contributed by atoms with Crippen molar-refractivity contribution in [1.82, 2.24) is 4.90 Å². The summed E-state index contributed by atoms with van der Waals surface area (Å²) < 4.78 is 0. The molecule has 7 heteroatoms. The van der Waals surface area contributed by atoms with Crippen molar-refractivity contribution >= 4 is 17.9 Å². The molecule has 2 saturated heterocycles. The minimum Gasteiger partial charge on any atom is -0.481 e. The largest absolute Gasteiger partial charge is 0.481 e. The molecule has 2 aliphatic heterocycles. The molecule has 2 aliphatic rings. The quantitative estimate of drug-likeness (QED) is 0.590. The number of carboxylic acids is 3. The molecule has 0 radical (unpaired) electrons. The first kappa shape index (κ1) is 15.4. The predicted octanol–water partition coefficient (Wildman–Crippen LogP) is 0.349. The van der Waals surface area contributed by atoms with Crippen LogP contribution in [0.25, 0.3) is 0 Å². The SMILES string of the molecule is O=C(O)C(=O)O.O=C(O)C1CC2CCCCN(C2)C1. The van der Waals surface area contributed by atoms with E-state index in [0.29, 0.717) is 5.92 Å². The number of hydrogen-bond donors (Lipinski definition) is 3. The molecule has 3 N–H and O–H groups in total. The van der Waals surface area contributed by atoms with E-state index in [1.165, 1.54) is 19.3 Å². The number of hydrogen-bond acceptors (Lipinski definition) is 4. The molecule has 19 heavy (non-hydrogen) atoms. The lowest BCUT2D eigenvalue weighted by Crippen LogP contribution is -2.42. The van der Waals surface area contributed by atoms with Gasteiger partial charge in [-0.25, -0.2) is 9.59 Å². The van der Waals surface area contributed by atoms with Gasteiger partial charge in [0, 0.05) is 13.1 Å². The Morgan fingerprint density at radius 3 is 2.11 bits per heavy atom. The fourth-order valence-electron chi connectivity index (χ4n) is 2.64. The van der Waals surface area contributed by atoms with Crippen molar-refractivity contribution in [1.29, 1.82) is 0 Å². The Bertz CT molecular complexity index is 330. The van der Waals surface area contributed by atoms with Crippen molar-refractivity contribution in [2.75, 3.05) is 19.6 Å². The Hall–Kier alpha value is -1.63. The van der Waals surface area contributed by atoms with E-state index in [9.17, 15) is 4.79 Å². The van der Waals surface area contributed by atoms with E-state index in [4.69, 9.17) is 24.9 Å². The molecule has 0 amide bonds. The highest BCUT2D eigenvalue weighted by molar-refractivity contribution is 6.27. The van der Waals surface area contributed by atoms with Crippen molar-refractivity contribution < 1.29 is 29.7 Å². The monoisotopic (exact) mass is 273 g/mol. The summed E-state index contributed by atoms with van der Waals surface area (Å²) in [5.74, 6) is -3.70. The lowest BCUT2D eigenvalue weighted by Gasteiger charge is -2.33. The van der Waals surface area contributed by atoms with E-state index in [2.05, 4.69) is 4.90 Å². The molecule has 0 spiro atoms. The summed E-state index contributed by atoms with van der Waals surface area (Å²) in [5.41, 5.74) is 0. The molecule has 2 fully saturated rings. The maximum atomic E-state index is 10.9. The molecule has 0 aromatic carbocycles. The summed E-state index contributed by atoms with van der Waals surface area (Å²) in [6.45, 7) is 3.04. The average Bonchev–Trinajstić information content (AvgIpc) is 2.50. The zero-order valence-corrected chi connectivity index (χ0v) is 10.6. The number of piperidine rings is 1. The van der Waals surface area contributed by atoms with Gasteiger partial charge in [-0.1, -0.05) is 6.42 Å². The zero-order chi connectivity index (χ0) is 14.4. The van der Waals surface area contributed by atoms with Gasteiger partial charge in [-0.15, -0.1) is 0 Å². The Balaban J connectivity index is 0.000000258. The van der Waals surface area contributed by atoms with Gasteiger partial charge in [-0.2, -0.15) is 0 Å². The number of carboxylic acid groups (broad SMARTS) is 3. The summed E-state index contributed by atoms with van der Waals surface area (Å²) in [6, 6.07) is 0. The molecule has 7 nitrogen and oxygen atoms in total. The minimum absolute atomic E-state index is 0.100. The maximum absolute atomic E-state index is 10.9. The van der Waals surface area contributed by atoms with Crippen molar-refractivity contribution in [3.63, 3.8) is 0 Å².